The molecule has 1 heteroatoms. The Morgan fingerprint density at radius 1 is 0.950 bits per heavy atom. The van der Waals surface area contributed by atoms with Gasteiger partial charge in [-0.15, -0.1) is 0 Å². The number of hydrogen-bond acceptors (Lipinski definition) is 1. The summed E-state index contributed by atoms with van der Waals surface area (Å²) in [7, 11) is 0. The van der Waals surface area contributed by atoms with Crippen molar-refractivity contribution >= 4 is 0 Å². The minimum atomic E-state index is 0.713. The van der Waals surface area contributed by atoms with Gasteiger partial charge in [0.15, 0.2) is 0 Å². The van der Waals surface area contributed by atoms with Crippen LogP contribution in [0.2, 0.25) is 0 Å². The monoisotopic (exact) mass is 271 g/mol. The van der Waals surface area contributed by atoms with E-state index in [0.29, 0.717) is 6.04 Å². The molecule has 0 aromatic heterocycles. The molecule has 1 aromatic carbocycles. The van der Waals surface area contributed by atoms with Crippen molar-refractivity contribution in [2.75, 3.05) is 6.54 Å². The summed E-state index contributed by atoms with van der Waals surface area (Å²) >= 11 is 0. The first-order valence-electron chi connectivity index (χ1n) is 8.72. The molecule has 2 aliphatic rings. The van der Waals surface area contributed by atoms with Gasteiger partial charge in [0.1, 0.15) is 0 Å². The van der Waals surface area contributed by atoms with Crippen molar-refractivity contribution in [1.82, 2.24) is 5.32 Å². The molecule has 0 saturated heterocycles. The van der Waals surface area contributed by atoms with Crippen LogP contribution in [0.3, 0.4) is 0 Å². The van der Waals surface area contributed by atoms with E-state index >= 15 is 0 Å². The lowest BCUT2D eigenvalue weighted by molar-refractivity contribution is 0.322. The first-order valence-corrected chi connectivity index (χ1v) is 8.72. The molecule has 0 amide bonds. The minimum Gasteiger partial charge on any atom is -0.313 e. The van der Waals surface area contributed by atoms with Gasteiger partial charge in [0.05, 0.1) is 0 Å². The average molecular weight is 271 g/mol. The second kappa shape index (κ2) is 6.76. The highest BCUT2D eigenvalue weighted by molar-refractivity contribution is 5.35. The second-order valence-corrected chi connectivity index (χ2v) is 6.71. The smallest absolute Gasteiger partial charge is 0.0136 e. The Hall–Kier alpha value is -0.820. The van der Waals surface area contributed by atoms with Crippen LogP contribution < -0.4 is 5.32 Å². The van der Waals surface area contributed by atoms with Crippen LogP contribution in [0.5, 0.6) is 0 Å². The molecule has 1 N–H and O–H groups in total. The van der Waals surface area contributed by atoms with Gasteiger partial charge in [-0.25, -0.2) is 0 Å². The fraction of sp³-hybridized carbons (Fsp3) is 0.684. The lowest BCUT2D eigenvalue weighted by Crippen LogP contribution is -2.38. The number of rotatable bonds is 5. The van der Waals surface area contributed by atoms with Crippen molar-refractivity contribution in [3.63, 3.8) is 0 Å². The first kappa shape index (κ1) is 14.1. The molecular weight excluding hydrogens is 242 g/mol. The molecule has 0 radical (unpaired) electrons. The standard InChI is InChI=1S/C19H29N/c1-2-14-20-19-13-6-5-12-18(19)17-11-4-3-10-16(17)15-8-7-9-15/h3-4,10-11,15,18-20H,2,5-9,12-14H2,1H3. The van der Waals surface area contributed by atoms with E-state index in [1.807, 2.05) is 0 Å². The van der Waals surface area contributed by atoms with E-state index in [0.717, 1.165) is 11.8 Å². The highest BCUT2D eigenvalue weighted by atomic mass is 14.9. The Labute approximate surface area is 124 Å². The number of hydrogen-bond donors (Lipinski definition) is 1. The third kappa shape index (κ3) is 2.93. The zero-order chi connectivity index (χ0) is 13.8. The molecule has 0 bridgehead atoms. The summed E-state index contributed by atoms with van der Waals surface area (Å²) in [4.78, 5) is 0. The Morgan fingerprint density at radius 3 is 2.40 bits per heavy atom. The van der Waals surface area contributed by atoms with Gasteiger partial charge in [-0.3, -0.25) is 0 Å². The van der Waals surface area contributed by atoms with Crippen LogP contribution in [0, 0.1) is 0 Å². The van der Waals surface area contributed by atoms with Crippen molar-refractivity contribution in [3.05, 3.63) is 35.4 Å². The van der Waals surface area contributed by atoms with E-state index in [1.165, 1.54) is 57.9 Å². The van der Waals surface area contributed by atoms with E-state index < -0.39 is 0 Å². The number of nitrogens with one attached hydrogen (secondary N) is 1. The molecular formula is C19H29N. The predicted octanol–water partition coefficient (Wildman–Crippen LogP) is 4.98. The van der Waals surface area contributed by atoms with Crippen LogP contribution in [-0.2, 0) is 0 Å². The normalized spacial score (nSPS) is 27.2. The topological polar surface area (TPSA) is 12.0 Å². The summed E-state index contributed by atoms with van der Waals surface area (Å²) in [5.41, 5.74) is 3.35. The fourth-order valence-corrected chi connectivity index (χ4v) is 4.02. The summed E-state index contributed by atoms with van der Waals surface area (Å²) in [5.74, 6) is 1.62. The molecule has 2 atom stereocenters. The van der Waals surface area contributed by atoms with E-state index in [2.05, 4.69) is 36.5 Å². The molecule has 0 spiro atoms. The molecule has 2 unspecified atom stereocenters. The summed E-state index contributed by atoms with van der Waals surface area (Å²) in [5, 5.41) is 3.82. The SMILES string of the molecule is CCCNC1CCCCC1c1ccccc1C1CCC1. The van der Waals surface area contributed by atoms with Gasteiger partial charge in [-0.1, -0.05) is 50.5 Å². The highest BCUT2D eigenvalue weighted by Crippen LogP contribution is 2.43. The van der Waals surface area contributed by atoms with Crippen molar-refractivity contribution in [2.24, 2.45) is 0 Å². The third-order valence-electron chi connectivity index (χ3n) is 5.36. The molecule has 0 heterocycles. The maximum Gasteiger partial charge on any atom is 0.0136 e. The van der Waals surface area contributed by atoms with Crippen LogP contribution in [0.15, 0.2) is 24.3 Å². The third-order valence-corrected chi connectivity index (χ3v) is 5.36. The molecule has 0 aliphatic heterocycles. The lowest BCUT2D eigenvalue weighted by Gasteiger charge is -2.36. The zero-order valence-corrected chi connectivity index (χ0v) is 12.9. The maximum atomic E-state index is 3.82. The average Bonchev–Trinajstić information content (AvgIpc) is 2.44. The Kier molecular flexibility index (Phi) is 4.77. The van der Waals surface area contributed by atoms with Crippen LogP contribution in [-0.4, -0.2) is 12.6 Å². The molecule has 110 valence electrons. The van der Waals surface area contributed by atoms with Crippen molar-refractivity contribution < 1.29 is 0 Å². The largest absolute Gasteiger partial charge is 0.313 e. The summed E-state index contributed by atoms with van der Waals surface area (Å²) in [6.45, 7) is 3.44. The Bertz CT molecular complexity index is 422. The van der Waals surface area contributed by atoms with Gasteiger partial charge in [-0.2, -0.15) is 0 Å². The van der Waals surface area contributed by atoms with Crippen molar-refractivity contribution in [3.8, 4) is 0 Å². The molecule has 3 rings (SSSR count). The highest BCUT2D eigenvalue weighted by Gasteiger charge is 2.30. The van der Waals surface area contributed by atoms with Crippen molar-refractivity contribution in [2.45, 2.75) is 76.2 Å². The van der Waals surface area contributed by atoms with Gasteiger partial charge >= 0.3 is 0 Å². The van der Waals surface area contributed by atoms with Crippen LogP contribution in [0.4, 0.5) is 0 Å². The van der Waals surface area contributed by atoms with Crippen LogP contribution in [0.25, 0.3) is 0 Å². The second-order valence-electron chi connectivity index (χ2n) is 6.71. The van der Waals surface area contributed by atoms with Crippen molar-refractivity contribution in [1.29, 1.82) is 0 Å². The molecule has 2 aliphatic carbocycles. The Balaban J connectivity index is 1.81. The van der Waals surface area contributed by atoms with Gasteiger partial charge in [0.25, 0.3) is 0 Å². The van der Waals surface area contributed by atoms with E-state index in [1.54, 1.807) is 11.1 Å². The fourth-order valence-electron chi connectivity index (χ4n) is 4.02. The molecule has 1 aromatic rings. The molecule has 20 heavy (non-hydrogen) atoms. The van der Waals surface area contributed by atoms with Gasteiger partial charge in [0.2, 0.25) is 0 Å². The van der Waals surface area contributed by atoms with Crippen LogP contribution >= 0.6 is 0 Å². The van der Waals surface area contributed by atoms with Gasteiger partial charge in [-0.05, 0) is 61.6 Å². The Morgan fingerprint density at radius 2 is 1.70 bits per heavy atom. The maximum absolute atomic E-state index is 3.82. The first-order chi connectivity index (χ1) is 9.90. The predicted molar refractivity (Wildman–Crippen MR) is 86.3 cm³/mol. The summed E-state index contributed by atoms with van der Waals surface area (Å²) in [6, 6.07) is 10.0. The molecule has 2 fully saturated rings. The van der Waals surface area contributed by atoms with Crippen LogP contribution in [0.1, 0.15) is 81.3 Å². The van der Waals surface area contributed by atoms with Gasteiger partial charge < -0.3 is 5.32 Å². The van der Waals surface area contributed by atoms with E-state index in [4.69, 9.17) is 0 Å². The minimum absolute atomic E-state index is 0.713. The quantitative estimate of drug-likeness (QED) is 0.796. The zero-order valence-electron chi connectivity index (χ0n) is 12.9. The number of benzene rings is 1. The molecule has 1 nitrogen and oxygen atoms in total. The lowest BCUT2D eigenvalue weighted by atomic mass is 9.72. The summed E-state index contributed by atoms with van der Waals surface area (Å²) < 4.78 is 0. The van der Waals surface area contributed by atoms with E-state index in [-0.39, 0.29) is 0 Å². The van der Waals surface area contributed by atoms with E-state index in [9.17, 15) is 0 Å². The van der Waals surface area contributed by atoms with Gasteiger partial charge in [0, 0.05) is 6.04 Å². The summed E-state index contributed by atoms with van der Waals surface area (Å²) in [6.07, 6.45) is 11.1. The molecule has 2 saturated carbocycles.